The highest BCUT2D eigenvalue weighted by Gasteiger charge is 2.20. The summed E-state index contributed by atoms with van der Waals surface area (Å²) in [4.78, 5) is 15.3. The third-order valence-electron chi connectivity index (χ3n) is 3.78. The molecule has 3 rings (SSSR count). The minimum absolute atomic E-state index is 0.0276. The smallest absolute Gasteiger partial charge is 0.176 e. The summed E-state index contributed by atoms with van der Waals surface area (Å²) in [7, 11) is 3.21. The van der Waals surface area contributed by atoms with E-state index in [4.69, 9.17) is 9.47 Å². The zero-order chi connectivity index (χ0) is 16.6. The summed E-state index contributed by atoms with van der Waals surface area (Å²) >= 11 is 3.44. The number of nitrogens with one attached hydrogen (secondary N) is 1. The van der Waals surface area contributed by atoms with Crippen molar-refractivity contribution in [2.75, 3.05) is 14.2 Å². The molecule has 0 fully saturated rings. The van der Waals surface area contributed by atoms with Crippen molar-refractivity contribution in [1.29, 1.82) is 0 Å². The molecule has 0 radical (unpaired) electrons. The van der Waals surface area contributed by atoms with Gasteiger partial charge in [0.1, 0.15) is 11.5 Å². The Kier molecular flexibility index (Phi) is 4.13. The van der Waals surface area contributed by atoms with Gasteiger partial charge in [-0.05, 0) is 17.7 Å². The Balaban J connectivity index is 2.39. The fourth-order valence-corrected chi connectivity index (χ4v) is 2.98. The Labute approximate surface area is 142 Å². The average Bonchev–Trinajstić information content (AvgIpc) is 2.94. The van der Waals surface area contributed by atoms with Gasteiger partial charge in [0.05, 0.1) is 30.8 Å². The van der Waals surface area contributed by atoms with Gasteiger partial charge in [-0.1, -0.05) is 28.1 Å². The zero-order valence-corrected chi connectivity index (χ0v) is 14.7. The molecule has 0 aliphatic heterocycles. The Hall–Kier alpha value is -2.27. The first kappa shape index (κ1) is 15.6. The third-order valence-corrected chi connectivity index (χ3v) is 4.30. The largest absolute Gasteiger partial charge is 0.497 e. The van der Waals surface area contributed by atoms with Gasteiger partial charge in [-0.3, -0.25) is 4.79 Å². The first-order valence-electron chi connectivity index (χ1n) is 7.09. The van der Waals surface area contributed by atoms with Crippen molar-refractivity contribution in [2.45, 2.75) is 6.92 Å². The highest BCUT2D eigenvalue weighted by atomic mass is 79.9. The van der Waals surface area contributed by atoms with Crippen LogP contribution < -0.4 is 9.47 Å². The maximum absolute atomic E-state index is 12.1. The molecule has 0 aliphatic carbocycles. The number of aromatic amines is 1. The predicted molar refractivity (Wildman–Crippen MR) is 94.5 cm³/mol. The molecule has 2 aromatic carbocycles. The molecule has 1 N–H and O–H groups in total. The van der Waals surface area contributed by atoms with E-state index in [2.05, 4.69) is 20.9 Å². The van der Waals surface area contributed by atoms with Crippen LogP contribution in [0, 0.1) is 0 Å². The number of hydrogen-bond donors (Lipinski definition) is 1. The molecule has 0 amide bonds. The van der Waals surface area contributed by atoms with Gasteiger partial charge in [0.25, 0.3) is 0 Å². The summed E-state index contributed by atoms with van der Waals surface area (Å²) in [5.74, 6) is 1.31. The summed E-state index contributed by atoms with van der Waals surface area (Å²) in [6.07, 6.45) is 0. The van der Waals surface area contributed by atoms with E-state index < -0.39 is 0 Å². The van der Waals surface area contributed by atoms with Crippen LogP contribution in [0.3, 0.4) is 0 Å². The average molecular weight is 374 g/mol. The number of H-pyrrole nitrogens is 1. The summed E-state index contributed by atoms with van der Waals surface area (Å²) in [5.41, 5.74) is 3.17. The summed E-state index contributed by atoms with van der Waals surface area (Å²) < 4.78 is 11.8. The van der Waals surface area contributed by atoms with E-state index in [-0.39, 0.29) is 5.78 Å². The highest BCUT2D eigenvalue weighted by Crippen LogP contribution is 2.41. The number of carbonyl (C=O) groups is 1. The van der Waals surface area contributed by atoms with Crippen LogP contribution in [0.4, 0.5) is 0 Å². The molecular formula is C18H16BrNO3. The standard InChI is InChI=1S/C18H16BrNO3/c1-10(21)18-16(11-4-6-12(19)7-5-11)17-14(20-18)8-13(22-2)9-15(17)23-3/h4-9,20H,1-3H3. The SMILES string of the molecule is COc1cc(OC)c2c(-c3ccc(Br)cc3)c(C(C)=O)[nH]c2c1. The monoisotopic (exact) mass is 373 g/mol. The topological polar surface area (TPSA) is 51.3 Å². The van der Waals surface area contributed by atoms with E-state index >= 15 is 0 Å². The second-order valence-corrected chi connectivity index (χ2v) is 6.11. The van der Waals surface area contributed by atoms with E-state index in [1.807, 2.05) is 36.4 Å². The van der Waals surface area contributed by atoms with E-state index in [1.165, 1.54) is 0 Å². The van der Waals surface area contributed by atoms with E-state index in [0.29, 0.717) is 17.2 Å². The van der Waals surface area contributed by atoms with Crippen molar-refractivity contribution in [3.8, 4) is 22.6 Å². The second-order valence-electron chi connectivity index (χ2n) is 5.19. The molecule has 0 unspecified atom stereocenters. The molecular weight excluding hydrogens is 358 g/mol. The number of carbonyl (C=O) groups excluding carboxylic acids is 1. The van der Waals surface area contributed by atoms with Crippen molar-refractivity contribution in [1.82, 2.24) is 4.98 Å². The van der Waals surface area contributed by atoms with Gasteiger partial charge in [-0.2, -0.15) is 0 Å². The molecule has 0 atom stereocenters. The molecule has 0 saturated heterocycles. The normalized spacial score (nSPS) is 10.8. The second kappa shape index (κ2) is 6.08. The van der Waals surface area contributed by atoms with Gasteiger partial charge < -0.3 is 14.5 Å². The van der Waals surface area contributed by atoms with E-state index in [1.54, 1.807) is 21.1 Å². The molecule has 5 heteroatoms. The van der Waals surface area contributed by atoms with Crippen molar-refractivity contribution < 1.29 is 14.3 Å². The van der Waals surface area contributed by atoms with Gasteiger partial charge in [-0.15, -0.1) is 0 Å². The lowest BCUT2D eigenvalue weighted by Crippen LogP contribution is -1.95. The molecule has 23 heavy (non-hydrogen) atoms. The van der Waals surface area contributed by atoms with Crippen LogP contribution in [0.15, 0.2) is 40.9 Å². The first-order chi connectivity index (χ1) is 11.0. The molecule has 0 bridgehead atoms. The Bertz CT molecular complexity index is 881. The fourth-order valence-electron chi connectivity index (χ4n) is 2.72. The fraction of sp³-hybridized carbons (Fsp3) is 0.167. The molecule has 3 aromatic rings. The van der Waals surface area contributed by atoms with Gasteiger partial charge in [0, 0.05) is 29.1 Å². The van der Waals surface area contributed by atoms with Crippen LogP contribution in [-0.4, -0.2) is 25.0 Å². The van der Waals surface area contributed by atoms with Crippen LogP contribution >= 0.6 is 15.9 Å². The molecule has 1 heterocycles. The molecule has 1 aromatic heterocycles. The van der Waals surface area contributed by atoms with Gasteiger partial charge in [-0.25, -0.2) is 0 Å². The van der Waals surface area contributed by atoms with Gasteiger partial charge in [0.15, 0.2) is 5.78 Å². The van der Waals surface area contributed by atoms with Crippen molar-refractivity contribution in [2.24, 2.45) is 0 Å². The van der Waals surface area contributed by atoms with E-state index in [9.17, 15) is 4.79 Å². The van der Waals surface area contributed by atoms with Gasteiger partial charge in [0.2, 0.25) is 0 Å². The van der Waals surface area contributed by atoms with Crippen molar-refractivity contribution in [3.63, 3.8) is 0 Å². The number of ether oxygens (including phenoxy) is 2. The van der Waals surface area contributed by atoms with Crippen molar-refractivity contribution in [3.05, 3.63) is 46.6 Å². The summed E-state index contributed by atoms with van der Waals surface area (Å²) in [6, 6.07) is 11.5. The zero-order valence-electron chi connectivity index (χ0n) is 13.1. The van der Waals surface area contributed by atoms with Crippen LogP contribution in [0.5, 0.6) is 11.5 Å². The minimum Gasteiger partial charge on any atom is -0.497 e. The minimum atomic E-state index is -0.0276. The Morgan fingerprint density at radius 1 is 1.09 bits per heavy atom. The van der Waals surface area contributed by atoms with Crippen molar-refractivity contribution >= 4 is 32.6 Å². The molecule has 0 aliphatic rings. The number of benzene rings is 2. The van der Waals surface area contributed by atoms with Crippen LogP contribution in [0.25, 0.3) is 22.0 Å². The number of fused-ring (bicyclic) bond motifs is 1. The number of Topliss-reactive ketones (excluding diaryl/α,β-unsaturated/α-hetero) is 1. The van der Waals surface area contributed by atoms with Crippen LogP contribution in [0.2, 0.25) is 0 Å². The number of halogens is 1. The Morgan fingerprint density at radius 3 is 2.35 bits per heavy atom. The quantitative estimate of drug-likeness (QED) is 0.667. The lowest BCUT2D eigenvalue weighted by molar-refractivity contribution is 0.101. The van der Waals surface area contributed by atoms with Gasteiger partial charge >= 0.3 is 0 Å². The molecule has 0 spiro atoms. The maximum Gasteiger partial charge on any atom is 0.176 e. The first-order valence-corrected chi connectivity index (χ1v) is 7.89. The lowest BCUT2D eigenvalue weighted by Gasteiger charge is -2.08. The van der Waals surface area contributed by atoms with Crippen LogP contribution in [-0.2, 0) is 0 Å². The van der Waals surface area contributed by atoms with E-state index in [0.717, 1.165) is 26.5 Å². The Morgan fingerprint density at radius 2 is 1.78 bits per heavy atom. The number of methoxy groups -OCH3 is 2. The number of rotatable bonds is 4. The summed E-state index contributed by atoms with van der Waals surface area (Å²) in [6.45, 7) is 1.55. The number of aromatic nitrogens is 1. The summed E-state index contributed by atoms with van der Waals surface area (Å²) in [5, 5.41) is 0.876. The molecule has 4 nitrogen and oxygen atoms in total. The predicted octanol–water partition coefficient (Wildman–Crippen LogP) is 4.82. The third kappa shape index (κ3) is 2.72. The lowest BCUT2D eigenvalue weighted by atomic mass is 10.00. The highest BCUT2D eigenvalue weighted by molar-refractivity contribution is 9.10. The number of ketones is 1. The van der Waals surface area contributed by atoms with Crippen LogP contribution in [0.1, 0.15) is 17.4 Å². The number of hydrogen-bond acceptors (Lipinski definition) is 3. The molecule has 118 valence electrons. The maximum atomic E-state index is 12.1. The molecule has 0 saturated carbocycles.